The lowest BCUT2D eigenvalue weighted by Crippen LogP contribution is -2.21. The number of hydrogen-bond donors (Lipinski definition) is 1. The maximum atomic E-state index is 5.70. The average molecular weight is 245 g/mol. The predicted octanol–water partition coefficient (Wildman–Crippen LogP) is 4.36. The van der Waals surface area contributed by atoms with Crippen LogP contribution in [0.15, 0.2) is 24.3 Å². The lowest BCUT2D eigenvalue weighted by molar-refractivity contribution is 0.443. The zero-order valence-electron chi connectivity index (χ0n) is 11.9. The predicted molar refractivity (Wildman–Crippen MR) is 79.0 cm³/mol. The minimum atomic E-state index is 0.208. The third-order valence-electron chi connectivity index (χ3n) is 4.54. The molecule has 1 fully saturated rings. The van der Waals surface area contributed by atoms with Gasteiger partial charge in [-0.05, 0) is 48.3 Å². The molecule has 0 atom stereocenters. The SMILES string of the molecule is CC(C)(CCN)c1ccc(C2CCCCC2)cc1. The fraction of sp³-hybridized carbons (Fsp3) is 0.647. The summed E-state index contributed by atoms with van der Waals surface area (Å²) in [6.45, 7) is 5.34. The lowest BCUT2D eigenvalue weighted by Gasteiger charge is -2.26. The van der Waals surface area contributed by atoms with Gasteiger partial charge in [-0.15, -0.1) is 0 Å². The number of rotatable bonds is 4. The Kier molecular flexibility index (Phi) is 4.45. The van der Waals surface area contributed by atoms with E-state index >= 15 is 0 Å². The van der Waals surface area contributed by atoms with E-state index in [0.717, 1.165) is 18.9 Å². The molecule has 0 aromatic heterocycles. The molecule has 1 saturated carbocycles. The van der Waals surface area contributed by atoms with Gasteiger partial charge in [0.1, 0.15) is 0 Å². The summed E-state index contributed by atoms with van der Waals surface area (Å²) in [5.74, 6) is 0.811. The van der Waals surface area contributed by atoms with Crippen LogP contribution in [-0.2, 0) is 5.41 Å². The molecule has 0 heterocycles. The molecule has 1 heteroatoms. The summed E-state index contributed by atoms with van der Waals surface area (Å²) in [5.41, 5.74) is 8.87. The van der Waals surface area contributed by atoms with Crippen molar-refractivity contribution in [1.82, 2.24) is 0 Å². The highest BCUT2D eigenvalue weighted by Gasteiger charge is 2.20. The molecule has 0 saturated heterocycles. The molecule has 1 aromatic rings. The van der Waals surface area contributed by atoms with Crippen LogP contribution in [0, 0.1) is 0 Å². The van der Waals surface area contributed by atoms with Crippen molar-refractivity contribution in [2.75, 3.05) is 6.54 Å². The zero-order chi connectivity index (χ0) is 13.0. The molecule has 2 rings (SSSR count). The minimum absolute atomic E-state index is 0.208. The Balaban J connectivity index is 2.09. The normalized spacial score (nSPS) is 17.9. The Morgan fingerprint density at radius 3 is 2.22 bits per heavy atom. The van der Waals surface area contributed by atoms with E-state index in [9.17, 15) is 0 Å². The van der Waals surface area contributed by atoms with Crippen molar-refractivity contribution in [3.63, 3.8) is 0 Å². The van der Waals surface area contributed by atoms with Gasteiger partial charge in [-0.3, -0.25) is 0 Å². The molecule has 0 spiro atoms. The van der Waals surface area contributed by atoms with Crippen LogP contribution in [0.5, 0.6) is 0 Å². The highest BCUT2D eigenvalue weighted by Crippen LogP contribution is 2.34. The molecule has 0 unspecified atom stereocenters. The van der Waals surface area contributed by atoms with E-state index in [0.29, 0.717) is 0 Å². The van der Waals surface area contributed by atoms with Crippen LogP contribution >= 0.6 is 0 Å². The van der Waals surface area contributed by atoms with Gasteiger partial charge in [0.15, 0.2) is 0 Å². The molecule has 100 valence electrons. The molecule has 0 aliphatic heterocycles. The fourth-order valence-electron chi connectivity index (χ4n) is 3.15. The molecule has 0 bridgehead atoms. The monoisotopic (exact) mass is 245 g/mol. The first-order chi connectivity index (χ1) is 8.63. The van der Waals surface area contributed by atoms with Crippen LogP contribution < -0.4 is 5.73 Å². The second-order valence-electron chi connectivity index (χ2n) is 6.38. The molecular formula is C17H27N. The summed E-state index contributed by atoms with van der Waals surface area (Å²) in [4.78, 5) is 0. The second-order valence-corrected chi connectivity index (χ2v) is 6.38. The molecule has 1 aliphatic carbocycles. The smallest absolute Gasteiger partial charge is 0.00690 e. The third kappa shape index (κ3) is 3.14. The fourth-order valence-corrected chi connectivity index (χ4v) is 3.15. The first-order valence-electron chi connectivity index (χ1n) is 7.44. The highest BCUT2D eigenvalue weighted by atomic mass is 14.5. The van der Waals surface area contributed by atoms with Gasteiger partial charge in [0.05, 0.1) is 0 Å². The van der Waals surface area contributed by atoms with Gasteiger partial charge in [0.2, 0.25) is 0 Å². The standard InChI is InChI=1S/C17H27N/c1-17(2,12-13-18)16-10-8-15(9-11-16)14-6-4-3-5-7-14/h8-11,14H,3-7,12-13,18H2,1-2H3. The molecule has 1 aliphatic rings. The molecular weight excluding hydrogens is 218 g/mol. The van der Waals surface area contributed by atoms with Gasteiger partial charge in [0.25, 0.3) is 0 Å². The van der Waals surface area contributed by atoms with Crippen molar-refractivity contribution in [2.24, 2.45) is 5.73 Å². The number of benzene rings is 1. The first-order valence-corrected chi connectivity index (χ1v) is 7.44. The van der Waals surface area contributed by atoms with Crippen LogP contribution in [-0.4, -0.2) is 6.54 Å². The molecule has 0 amide bonds. The number of hydrogen-bond acceptors (Lipinski definition) is 1. The van der Waals surface area contributed by atoms with E-state index in [1.807, 2.05) is 0 Å². The molecule has 1 aromatic carbocycles. The maximum Gasteiger partial charge on any atom is -0.00690 e. The van der Waals surface area contributed by atoms with Gasteiger partial charge in [-0.25, -0.2) is 0 Å². The Hall–Kier alpha value is -0.820. The van der Waals surface area contributed by atoms with Gasteiger partial charge in [-0.1, -0.05) is 57.4 Å². The highest BCUT2D eigenvalue weighted by molar-refractivity contribution is 5.30. The second kappa shape index (κ2) is 5.88. The van der Waals surface area contributed by atoms with Crippen LogP contribution in [0.1, 0.15) is 69.4 Å². The zero-order valence-corrected chi connectivity index (χ0v) is 11.9. The van der Waals surface area contributed by atoms with Crippen LogP contribution in [0.4, 0.5) is 0 Å². The van der Waals surface area contributed by atoms with E-state index in [1.54, 1.807) is 5.56 Å². The summed E-state index contributed by atoms with van der Waals surface area (Å²) in [5, 5.41) is 0. The van der Waals surface area contributed by atoms with Gasteiger partial charge in [-0.2, -0.15) is 0 Å². The van der Waals surface area contributed by atoms with Crippen LogP contribution in [0.2, 0.25) is 0 Å². The Morgan fingerprint density at radius 2 is 1.67 bits per heavy atom. The largest absolute Gasteiger partial charge is 0.330 e. The van der Waals surface area contributed by atoms with Gasteiger partial charge in [0, 0.05) is 0 Å². The van der Waals surface area contributed by atoms with Crippen molar-refractivity contribution in [3.8, 4) is 0 Å². The van der Waals surface area contributed by atoms with Crippen LogP contribution in [0.25, 0.3) is 0 Å². The van der Waals surface area contributed by atoms with Crippen molar-refractivity contribution in [2.45, 2.75) is 63.7 Å². The first kappa shape index (κ1) is 13.6. The average Bonchev–Trinajstić information content (AvgIpc) is 2.40. The van der Waals surface area contributed by atoms with Crippen molar-refractivity contribution < 1.29 is 0 Å². The molecule has 1 nitrogen and oxygen atoms in total. The lowest BCUT2D eigenvalue weighted by atomic mass is 9.79. The molecule has 18 heavy (non-hydrogen) atoms. The summed E-state index contributed by atoms with van der Waals surface area (Å²) in [6, 6.07) is 9.34. The van der Waals surface area contributed by atoms with Gasteiger partial charge < -0.3 is 5.73 Å². The van der Waals surface area contributed by atoms with Crippen molar-refractivity contribution in [3.05, 3.63) is 35.4 Å². The Morgan fingerprint density at radius 1 is 1.06 bits per heavy atom. The van der Waals surface area contributed by atoms with E-state index in [1.165, 1.54) is 37.7 Å². The minimum Gasteiger partial charge on any atom is -0.330 e. The number of nitrogens with two attached hydrogens (primary N) is 1. The van der Waals surface area contributed by atoms with Crippen molar-refractivity contribution >= 4 is 0 Å². The van der Waals surface area contributed by atoms with Gasteiger partial charge >= 0.3 is 0 Å². The summed E-state index contributed by atoms with van der Waals surface area (Å²) in [7, 11) is 0. The van der Waals surface area contributed by atoms with E-state index in [2.05, 4.69) is 38.1 Å². The maximum absolute atomic E-state index is 5.70. The molecule has 2 N–H and O–H groups in total. The quantitative estimate of drug-likeness (QED) is 0.838. The summed E-state index contributed by atoms with van der Waals surface area (Å²) in [6.07, 6.45) is 8.06. The van der Waals surface area contributed by atoms with Crippen molar-refractivity contribution in [1.29, 1.82) is 0 Å². The van der Waals surface area contributed by atoms with E-state index in [4.69, 9.17) is 5.73 Å². The Labute approximate surface area is 112 Å². The van der Waals surface area contributed by atoms with E-state index < -0.39 is 0 Å². The molecule has 0 radical (unpaired) electrons. The van der Waals surface area contributed by atoms with E-state index in [-0.39, 0.29) is 5.41 Å². The Bertz CT molecular complexity index is 358. The topological polar surface area (TPSA) is 26.0 Å². The summed E-state index contributed by atoms with van der Waals surface area (Å²) >= 11 is 0. The third-order valence-corrected chi connectivity index (χ3v) is 4.54. The van der Waals surface area contributed by atoms with Crippen LogP contribution in [0.3, 0.4) is 0 Å². The summed E-state index contributed by atoms with van der Waals surface area (Å²) < 4.78 is 0.